The highest BCUT2D eigenvalue weighted by Gasteiger charge is 2.52. The van der Waals surface area contributed by atoms with Crippen molar-refractivity contribution in [3.8, 4) is 0 Å². The van der Waals surface area contributed by atoms with Gasteiger partial charge in [-0.25, -0.2) is 0 Å². The average molecular weight is 1110 g/mol. The summed E-state index contributed by atoms with van der Waals surface area (Å²) in [4.78, 5) is 7.72. The molecule has 0 radical (unpaired) electrons. The monoisotopic (exact) mass is 1110 g/mol. The minimum atomic E-state index is -0.137. The van der Waals surface area contributed by atoms with E-state index in [1.165, 1.54) is 50.2 Å². The molecule has 0 amide bonds. The van der Waals surface area contributed by atoms with Crippen molar-refractivity contribution in [1.29, 1.82) is 0 Å². The van der Waals surface area contributed by atoms with Crippen molar-refractivity contribution < 1.29 is 8.83 Å². The average Bonchev–Trinajstić information content (AvgIpc) is 1.73. The van der Waals surface area contributed by atoms with Gasteiger partial charge in [0.1, 0.15) is 11.2 Å². The summed E-state index contributed by atoms with van der Waals surface area (Å²) in [6, 6.07) is 56.9. The molecular formula is C78H77BN4O2. The number of hydrogen-bond acceptors (Lipinski definition) is 5. The lowest BCUT2D eigenvalue weighted by Gasteiger charge is -2.50. The quantitative estimate of drug-likeness (QED) is 0.149. The number of aromatic nitrogens is 1. The van der Waals surface area contributed by atoms with Crippen molar-refractivity contribution in [3.05, 3.63) is 234 Å². The zero-order valence-corrected chi connectivity index (χ0v) is 51.5. The molecule has 3 atom stereocenters. The Balaban J connectivity index is 1.04. The van der Waals surface area contributed by atoms with Gasteiger partial charge < -0.3 is 28.1 Å². The molecule has 3 aliphatic carbocycles. The molecule has 7 aromatic carbocycles. The Morgan fingerprint density at radius 3 is 1.79 bits per heavy atom. The lowest BCUT2D eigenvalue weighted by Crippen LogP contribution is -2.58. The van der Waals surface area contributed by atoms with Crippen LogP contribution in [0.4, 0.5) is 28.4 Å². The number of hydrogen-bond donors (Lipinski definition) is 0. The van der Waals surface area contributed by atoms with Crippen LogP contribution < -0.4 is 25.6 Å². The van der Waals surface area contributed by atoms with Gasteiger partial charge in [-0.3, -0.25) is 0 Å². The molecule has 0 bridgehead atoms. The Bertz CT molecular complexity index is 4580. The van der Waals surface area contributed by atoms with Gasteiger partial charge in [0.05, 0.1) is 17.2 Å². The first-order chi connectivity index (χ1) is 40.7. The number of furan rings is 2. The zero-order valence-electron chi connectivity index (χ0n) is 51.5. The fourth-order valence-electron chi connectivity index (χ4n) is 14.8. The van der Waals surface area contributed by atoms with Crippen molar-refractivity contribution in [1.82, 2.24) is 4.57 Å². The molecular weight excluding hydrogens is 1040 g/mol. The van der Waals surface area contributed by atoms with Crippen LogP contribution in [-0.2, 0) is 10.8 Å². The van der Waals surface area contributed by atoms with E-state index in [-0.39, 0.29) is 40.2 Å². The molecule has 15 rings (SSSR count). The molecule has 3 aromatic heterocycles. The molecule has 2 aliphatic heterocycles. The molecule has 0 spiro atoms. The normalized spacial score (nSPS) is 18.8. The smallest absolute Gasteiger partial charge is 0.226 e. The van der Waals surface area contributed by atoms with E-state index < -0.39 is 0 Å². The lowest BCUT2D eigenvalue weighted by atomic mass is 9.29. The van der Waals surface area contributed by atoms with E-state index in [1.807, 2.05) is 0 Å². The summed E-state index contributed by atoms with van der Waals surface area (Å²) in [6.45, 7) is 27.9. The van der Waals surface area contributed by atoms with Crippen molar-refractivity contribution in [2.75, 3.05) is 14.7 Å². The van der Waals surface area contributed by atoms with Crippen molar-refractivity contribution >= 4 is 101 Å². The molecule has 424 valence electrons. The number of allylic oxidation sites excluding steroid dienone is 10. The third kappa shape index (κ3) is 8.57. The summed E-state index contributed by atoms with van der Waals surface area (Å²) in [5.41, 5.74) is 23.3. The third-order valence-corrected chi connectivity index (χ3v) is 19.5. The predicted octanol–water partition coefficient (Wildman–Crippen LogP) is 20.3. The van der Waals surface area contributed by atoms with E-state index in [4.69, 9.17) is 8.83 Å². The van der Waals surface area contributed by atoms with Crippen LogP contribution in [0.15, 0.2) is 231 Å². The number of nitrogens with zero attached hydrogens (tertiary/aromatic N) is 4. The fourth-order valence-corrected chi connectivity index (χ4v) is 14.8. The van der Waals surface area contributed by atoms with Crippen LogP contribution in [0.2, 0.25) is 5.82 Å². The minimum absolute atomic E-state index is 0.00674. The number of benzene rings is 7. The van der Waals surface area contributed by atoms with Crippen LogP contribution in [0, 0.1) is 16.7 Å². The van der Waals surface area contributed by atoms with Gasteiger partial charge in [0.15, 0.2) is 11.2 Å². The van der Waals surface area contributed by atoms with Gasteiger partial charge in [0.2, 0.25) is 6.71 Å². The first kappa shape index (κ1) is 53.3. The van der Waals surface area contributed by atoms with Crippen LogP contribution in [-0.4, -0.2) is 11.3 Å². The topological polar surface area (TPSA) is 40.9 Å². The number of anilines is 5. The van der Waals surface area contributed by atoms with Crippen molar-refractivity contribution in [2.24, 2.45) is 16.7 Å². The standard InChI is InChI=1S/C78H77BN4O2/c1-75(2,3)48-27-35-52(36-28-48)80(53-37-29-49(30-38-53)76(4,5)6)56-43-44-62-65(45-56)82(64-24-18-21-59-58-19-13-15-25-68(58)84-73(59)64)66-46-57(81(54-39-31-50(32-40-54)77(7,8)9)55-41-33-51(34-42-55)78(10,11)12)47-67-70(66)79(62)63-23-17-22-61-71(63)83(67)72-60-20-14-16-26-69(60)85-74(61)72/h13-29,31-33,35-37,39-47,51,67,70H,30,34,38H2,1-12H3. The highest BCUT2D eigenvalue weighted by Crippen LogP contribution is 2.57. The maximum absolute atomic E-state index is 7.19. The summed E-state index contributed by atoms with van der Waals surface area (Å²) >= 11 is 0. The second-order valence-electron chi connectivity index (χ2n) is 28.9. The Labute approximate surface area is 501 Å². The fraction of sp³-hybridized carbons (Fsp3) is 0.282. The zero-order chi connectivity index (χ0) is 58.6. The predicted molar refractivity (Wildman–Crippen MR) is 360 cm³/mol. The molecule has 0 fully saturated rings. The summed E-state index contributed by atoms with van der Waals surface area (Å²) in [6.07, 6.45) is 20.2. The van der Waals surface area contributed by atoms with Gasteiger partial charge in [-0.2, -0.15) is 0 Å². The lowest BCUT2D eigenvalue weighted by molar-refractivity contribution is 0.293. The molecule has 3 unspecified atom stereocenters. The molecule has 5 heterocycles. The van der Waals surface area contributed by atoms with E-state index >= 15 is 0 Å². The van der Waals surface area contributed by atoms with Crippen LogP contribution in [0.5, 0.6) is 0 Å². The summed E-state index contributed by atoms with van der Waals surface area (Å²) in [5, 5.41) is 4.50. The Morgan fingerprint density at radius 1 is 0.518 bits per heavy atom. The Hall–Kier alpha value is -8.42. The van der Waals surface area contributed by atoms with Gasteiger partial charge in [0.25, 0.3) is 0 Å². The van der Waals surface area contributed by atoms with Crippen LogP contribution in [0.1, 0.15) is 120 Å². The second kappa shape index (κ2) is 19.0. The second-order valence-corrected chi connectivity index (χ2v) is 28.9. The summed E-state index contributed by atoms with van der Waals surface area (Å²) in [7, 11) is 0. The van der Waals surface area contributed by atoms with E-state index in [0.717, 1.165) is 103 Å². The largest absolute Gasteiger partial charge is 0.454 e. The maximum atomic E-state index is 7.19. The van der Waals surface area contributed by atoms with Gasteiger partial charge >= 0.3 is 0 Å². The molecule has 0 N–H and O–H groups in total. The van der Waals surface area contributed by atoms with E-state index in [2.05, 4.69) is 297 Å². The summed E-state index contributed by atoms with van der Waals surface area (Å²) < 4.78 is 16.9. The van der Waals surface area contributed by atoms with Crippen molar-refractivity contribution in [3.63, 3.8) is 0 Å². The molecule has 7 heteroatoms. The van der Waals surface area contributed by atoms with E-state index in [0.29, 0.717) is 5.92 Å². The highest BCUT2D eigenvalue weighted by atomic mass is 16.3. The third-order valence-electron chi connectivity index (χ3n) is 19.5. The van der Waals surface area contributed by atoms with Crippen LogP contribution in [0.3, 0.4) is 0 Å². The van der Waals surface area contributed by atoms with E-state index in [9.17, 15) is 0 Å². The maximum Gasteiger partial charge on any atom is 0.226 e. The van der Waals surface area contributed by atoms with Crippen molar-refractivity contribution in [2.45, 2.75) is 125 Å². The van der Waals surface area contributed by atoms with E-state index in [1.54, 1.807) is 0 Å². The van der Waals surface area contributed by atoms with Gasteiger partial charge in [-0.15, -0.1) is 0 Å². The highest BCUT2D eigenvalue weighted by molar-refractivity contribution is 6.90. The first-order valence-electron chi connectivity index (χ1n) is 31.0. The molecule has 5 aliphatic rings. The summed E-state index contributed by atoms with van der Waals surface area (Å²) in [5.74, 6) is 0.370. The number of para-hydroxylation sites is 4. The molecule has 6 nitrogen and oxygen atoms in total. The van der Waals surface area contributed by atoms with Crippen LogP contribution in [0.25, 0.3) is 54.9 Å². The number of fused-ring (bicyclic) bond motifs is 12. The minimum Gasteiger partial charge on any atom is -0.454 e. The van der Waals surface area contributed by atoms with Crippen LogP contribution >= 0.6 is 0 Å². The van der Waals surface area contributed by atoms with Gasteiger partial charge in [-0.1, -0.05) is 192 Å². The molecule has 85 heavy (non-hydrogen) atoms. The first-order valence-corrected chi connectivity index (χ1v) is 31.0. The molecule has 0 saturated carbocycles. The van der Waals surface area contributed by atoms with Gasteiger partial charge in [-0.05, 0) is 160 Å². The SMILES string of the molecule is CC(C)(C)C1=CC=C(N(c2ccc(C(C)(C)C)cc2)c2ccc3c(c2)N(c2cccc4c2oc2ccccc24)C2=CC(N(C4=CCC(C(C)(C)C)C=C4)c4ccc(C(C)(C)C)cc4)=CC4C2B3c2cccc3c5oc6ccccc6c5n4c23)CC1. The number of rotatable bonds is 7. The Morgan fingerprint density at radius 2 is 1.14 bits per heavy atom. The van der Waals surface area contributed by atoms with Gasteiger partial charge in [0, 0.05) is 78.4 Å². The molecule has 10 aromatic rings. The Kier molecular flexibility index (Phi) is 11.9. The molecule has 0 saturated heterocycles.